The molecule has 1 amide bonds. The summed E-state index contributed by atoms with van der Waals surface area (Å²) in [5, 5.41) is 15.5. The Bertz CT molecular complexity index is 964. The minimum absolute atomic E-state index is 0.246. The lowest BCUT2D eigenvalue weighted by Gasteiger charge is -2.01. The summed E-state index contributed by atoms with van der Waals surface area (Å²) < 4.78 is 5.44. The van der Waals surface area contributed by atoms with Crippen LogP contribution in [0.25, 0.3) is 22.2 Å². The van der Waals surface area contributed by atoms with E-state index < -0.39 is 0 Å². The van der Waals surface area contributed by atoms with Crippen LogP contribution in [-0.4, -0.2) is 21.3 Å². The molecule has 2 heterocycles. The second kappa shape index (κ2) is 5.62. The first-order valence-electron chi connectivity index (χ1n) is 6.83. The smallest absolute Gasteiger partial charge is 0.257 e. The van der Waals surface area contributed by atoms with E-state index in [9.17, 15) is 4.79 Å². The zero-order valence-electron chi connectivity index (χ0n) is 11.8. The number of aromatic nitrogens is 3. The van der Waals surface area contributed by atoms with Crippen molar-refractivity contribution in [1.82, 2.24) is 15.4 Å². The molecule has 2 aromatic heterocycles. The number of rotatable bonds is 3. The molecule has 0 saturated heterocycles. The highest BCUT2D eigenvalue weighted by Gasteiger charge is 2.14. The number of fused-ring (bicyclic) bond motifs is 1. The summed E-state index contributed by atoms with van der Waals surface area (Å²) in [4.78, 5) is 12.3. The molecule has 0 bridgehead atoms. The Labute approximate surface area is 134 Å². The van der Waals surface area contributed by atoms with Crippen molar-refractivity contribution in [2.75, 3.05) is 5.32 Å². The minimum atomic E-state index is -0.246. The SMILES string of the molecule is O=C(Nc1nncs1)c1ccc2noc(-c3ccccc3)c2c1. The molecule has 0 aliphatic carbocycles. The molecule has 0 atom stereocenters. The summed E-state index contributed by atoms with van der Waals surface area (Å²) in [7, 11) is 0. The lowest BCUT2D eigenvalue weighted by Crippen LogP contribution is -2.11. The standard InChI is InChI=1S/C16H10N4O2S/c21-15(18-16-19-17-9-23-16)11-6-7-13-12(8-11)14(22-20-13)10-4-2-1-3-5-10/h1-9H,(H,18,19,21). The second-order valence-electron chi connectivity index (χ2n) is 4.81. The average molecular weight is 322 g/mol. The number of nitrogens with zero attached hydrogens (tertiary/aromatic N) is 3. The lowest BCUT2D eigenvalue weighted by molar-refractivity contribution is 0.102. The third-order valence-corrected chi connectivity index (χ3v) is 3.96. The molecule has 23 heavy (non-hydrogen) atoms. The van der Waals surface area contributed by atoms with Crippen LogP contribution in [-0.2, 0) is 0 Å². The zero-order valence-corrected chi connectivity index (χ0v) is 12.6. The molecule has 0 unspecified atom stereocenters. The summed E-state index contributed by atoms with van der Waals surface area (Å²) in [5.74, 6) is 0.398. The van der Waals surface area contributed by atoms with Gasteiger partial charge in [0.25, 0.3) is 5.91 Å². The molecule has 6 nitrogen and oxygen atoms in total. The van der Waals surface area contributed by atoms with E-state index in [2.05, 4.69) is 20.7 Å². The first-order chi connectivity index (χ1) is 11.3. The highest BCUT2D eigenvalue weighted by atomic mass is 32.1. The van der Waals surface area contributed by atoms with Crippen molar-refractivity contribution in [1.29, 1.82) is 0 Å². The molecule has 0 radical (unpaired) electrons. The molecule has 0 fully saturated rings. The topological polar surface area (TPSA) is 80.9 Å². The van der Waals surface area contributed by atoms with E-state index in [0.717, 1.165) is 10.9 Å². The Balaban J connectivity index is 1.74. The predicted molar refractivity (Wildman–Crippen MR) is 87.3 cm³/mol. The van der Waals surface area contributed by atoms with Crippen molar-refractivity contribution >= 4 is 33.3 Å². The van der Waals surface area contributed by atoms with Crippen LogP contribution in [0.4, 0.5) is 5.13 Å². The van der Waals surface area contributed by atoms with Gasteiger partial charge in [0.2, 0.25) is 5.13 Å². The van der Waals surface area contributed by atoms with E-state index in [1.165, 1.54) is 11.3 Å². The van der Waals surface area contributed by atoms with E-state index in [-0.39, 0.29) is 5.91 Å². The second-order valence-corrected chi connectivity index (χ2v) is 5.64. The van der Waals surface area contributed by atoms with Gasteiger partial charge < -0.3 is 4.52 Å². The Morgan fingerprint density at radius 1 is 1.13 bits per heavy atom. The monoisotopic (exact) mass is 322 g/mol. The minimum Gasteiger partial charge on any atom is -0.355 e. The van der Waals surface area contributed by atoms with Crippen molar-refractivity contribution in [3.63, 3.8) is 0 Å². The van der Waals surface area contributed by atoms with Crippen LogP contribution in [0.2, 0.25) is 0 Å². The third-order valence-electron chi connectivity index (χ3n) is 3.36. The highest BCUT2D eigenvalue weighted by Crippen LogP contribution is 2.29. The van der Waals surface area contributed by atoms with Gasteiger partial charge in [-0.1, -0.05) is 46.8 Å². The molecular formula is C16H10N4O2S. The molecule has 4 rings (SSSR count). The van der Waals surface area contributed by atoms with Gasteiger partial charge in [-0.2, -0.15) is 0 Å². The molecule has 0 spiro atoms. The third kappa shape index (κ3) is 2.58. The van der Waals surface area contributed by atoms with Crippen LogP contribution in [0, 0.1) is 0 Å². The van der Waals surface area contributed by atoms with Crippen molar-refractivity contribution < 1.29 is 9.32 Å². The van der Waals surface area contributed by atoms with Crippen LogP contribution < -0.4 is 5.32 Å². The first-order valence-corrected chi connectivity index (χ1v) is 7.71. The van der Waals surface area contributed by atoms with Crippen LogP contribution in [0.1, 0.15) is 10.4 Å². The van der Waals surface area contributed by atoms with Crippen LogP contribution in [0.3, 0.4) is 0 Å². The van der Waals surface area contributed by atoms with Crippen molar-refractivity contribution in [3.05, 3.63) is 59.6 Å². The molecule has 4 aromatic rings. The normalized spacial score (nSPS) is 10.8. The molecule has 112 valence electrons. The molecule has 2 aromatic carbocycles. The summed E-state index contributed by atoms with van der Waals surface area (Å²) in [6.45, 7) is 0. The Hall–Kier alpha value is -3.06. The Morgan fingerprint density at radius 2 is 2.00 bits per heavy atom. The van der Waals surface area contributed by atoms with Gasteiger partial charge in [-0.05, 0) is 18.2 Å². The summed E-state index contributed by atoms with van der Waals surface area (Å²) in [5.41, 5.74) is 3.69. The van der Waals surface area contributed by atoms with E-state index in [1.54, 1.807) is 23.7 Å². The Kier molecular flexibility index (Phi) is 3.32. The van der Waals surface area contributed by atoms with Crippen LogP contribution in [0.15, 0.2) is 58.6 Å². The van der Waals surface area contributed by atoms with Crippen molar-refractivity contribution in [2.45, 2.75) is 0 Å². The summed E-state index contributed by atoms with van der Waals surface area (Å²) in [6.07, 6.45) is 0. The number of carbonyl (C=O) groups is 1. The summed E-state index contributed by atoms with van der Waals surface area (Å²) in [6, 6.07) is 14.9. The number of amides is 1. The molecule has 0 aliphatic heterocycles. The van der Waals surface area contributed by atoms with E-state index in [4.69, 9.17) is 4.52 Å². The molecular weight excluding hydrogens is 312 g/mol. The zero-order chi connectivity index (χ0) is 15.6. The van der Waals surface area contributed by atoms with Crippen molar-refractivity contribution in [3.8, 4) is 11.3 Å². The van der Waals surface area contributed by atoms with Gasteiger partial charge in [0, 0.05) is 11.1 Å². The lowest BCUT2D eigenvalue weighted by atomic mass is 10.1. The fraction of sp³-hybridized carbons (Fsp3) is 0. The fourth-order valence-corrected chi connectivity index (χ4v) is 2.72. The maximum atomic E-state index is 12.3. The van der Waals surface area contributed by atoms with Gasteiger partial charge in [-0.25, -0.2) is 0 Å². The molecule has 1 N–H and O–H groups in total. The average Bonchev–Trinajstić information content (AvgIpc) is 3.24. The number of benzene rings is 2. The van der Waals surface area contributed by atoms with Gasteiger partial charge >= 0.3 is 0 Å². The predicted octanol–water partition coefficient (Wildman–Crippen LogP) is 3.60. The number of carbonyl (C=O) groups excluding carboxylic acids is 1. The molecule has 7 heteroatoms. The van der Waals surface area contributed by atoms with E-state index in [0.29, 0.717) is 22.0 Å². The largest absolute Gasteiger partial charge is 0.355 e. The van der Waals surface area contributed by atoms with Crippen LogP contribution in [0.5, 0.6) is 0 Å². The number of nitrogens with one attached hydrogen (secondary N) is 1. The molecule has 0 saturated carbocycles. The highest BCUT2D eigenvalue weighted by molar-refractivity contribution is 7.13. The van der Waals surface area contributed by atoms with E-state index in [1.807, 2.05) is 30.3 Å². The number of hydrogen-bond donors (Lipinski definition) is 1. The van der Waals surface area contributed by atoms with Crippen LogP contribution >= 0.6 is 11.3 Å². The van der Waals surface area contributed by atoms with E-state index >= 15 is 0 Å². The quantitative estimate of drug-likeness (QED) is 0.623. The van der Waals surface area contributed by atoms with Gasteiger partial charge in [-0.3, -0.25) is 10.1 Å². The molecule has 0 aliphatic rings. The fourth-order valence-electron chi connectivity index (χ4n) is 2.28. The van der Waals surface area contributed by atoms with Gasteiger partial charge in [0.05, 0.1) is 5.39 Å². The maximum Gasteiger partial charge on any atom is 0.257 e. The first kappa shape index (κ1) is 13.6. The van der Waals surface area contributed by atoms with Crippen molar-refractivity contribution in [2.24, 2.45) is 0 Å². The number of anilines is 1. The van der Waals surface area contributed by atoms with Gasteiger partial charge in [-0.15, -0.1) is 10.2 Å². The summed E-state index contributed by atoms with van der Waals surface area (Å²) >= 11 is 1.27. The number of hydrogen-bond acceptors (Lipinski definition) is 6. The maximum absolute atomic E-state index is 12.3. The van der Waals surface area contributed by atoms with Gasteiger partial charge in [0.1, 0.15) is 11.0 Å². The Morgan fingerprint density at radius 3 is 2.78 bits per heavy atom. The van der Waals surface area contributed by atoms with Gasteiger partial charge in [0.15, 0.2) is 5.76 Å².